The number of para-hydroxylation sites is 1. The van der Waals surface area contributed by atoms with E-state index in [1.54, 1.807) is 10.9 Å². The van der Waals surface area contributed by atoms with E-state index >= 15 is 0 Å². The number of rotatable bonds is 3. The highest BCUT2D eigenvalue weighted by Gasteiger charge is 2.22. The van der Waals surface area contributed by atoms with Crippen LogP contribution in [0.4, 0.5) is 5.13 Å². The van der Waals surface area contributed by atoms with Gasteiger partial charge in [-0.05, 0) is 31.9 Å². The van der Waals surface area contributed by atoms with Gasteiger partial charge in [0.15, 0.2) is 5.13 Å². The Kier molecular flexibility index (Phi) is 4.26. The SMILES string of the molecule is Cc1c(C(=O)Nc2nc3c(s2)C(=O)NCCC3)cnn1-c1ccccc1. The highest BCUT2D eigenvalue weighted by atomic mass is 32.1. The van der Waals surface area contributed by atoms with Gasteiger partial charge in [0.25, 0.3) is 11.8 Å². The zero-order chi connectivity index (χ0) is 18.1. The number of benzene rings is 1. The van der Waals surface area contributed by atoms with Gasteiger partial charge in [-0.2, -0.15) is 5.10 Å². The van der Waals surface area contributed by atoms with Gasteiger partial charge < -0.3 is 5.32 Å². The molecule has 0 spiro atoms. The lowest BCUT2D eigenvalue weighted by molar-refractivity contribution is 0.0958. The molecule has 3 heterocycles. The van der Waals surface area contributed by atoms with Crippen molar-refractivity contribution in [2.45, 2.75) is 19.8 Å². The third-order valence-electron chi connectivity index (χ3n) is 4.26. The molecule has 0 atom stereocenters. The minimum atomic E-state index is -0.283. The predicted octanol–water partition coefficient (Wildman–Crippen LogP) is 2.57. The van der Waals surface area contributed by atoms with Crippen LogP contribution in [0.5, 0.6) is 0 Å². The van der Waals surface area contributed by atoms with Crippen LogP contribution in [0.3, 0.4) is 0 Å². The Hall–Kier alpha value is -3.00. The van der Waals surface area contributed by atoms with Crippen molar-refractivity contribution >= 4 is 28.3 Å². The molecule has 0 fully saturated rings. The number of aryl methyl sites for hydroxylation is 1. The summed E-state index contributed by atoms with van der Waals surface area (Å²) < 4.78 is 1.72. The summed E-state index contributed by atoms with van der Waals surface area (Å²) in [5.74, 6) is -0.405. The molecule has 0 saturated carbocycles. The number of carbonyl (C=O) groups is 2. The first kappa shape index (κ1) is 16.5. The van der Waals surface area contributed by atoms with Gasteiger partial charge in [-0.1, -0.05) is 29.5 Å². The first-order chi connectivity index (χ1) is 12.6. The van der Waals surface area contributed by atoms with Crippen molar-refractivity contribution in [3.63, 3.8) is 0 Å². The molecule has 1 aliphatic heterocycles. The van der Waals surface area contributed by atoms with Gasteiger partial charge in [0.05, 0.1) is 28.8 Å². The maximum Gasteiger partial charge on any atom is 0.263 e. The van der Waals surface area contributed by atoms with E-state index < -0.39 is 0 Å². The molecule has 0 radical (unpaired) electrons. The lowest BCUT2D eigenvalue weighted by Gasteiger charge is -2.05. The number of thiazole rings is 1. The lowest BCUT2D eigenvalue weighted by atomic mass is 10.2. The van der Waals surface area contributed by atoms with Crippen molar-refractivity contribution in [1.82, 2.24) is 20.1 Å². The summed E-state index contributed by atoms with van der Waals surface area (Å²) in [4.78, 5) is 29.7. The number of nitrogens with one attached hydrogen (secondary N) is 2. The number of carbonyl (C=O) groups excluding carboxylic acids is 2. The van der Waals surface area contributed by atoms with Crippen LogP contribution in [-0.2, 0) is 6.42 Å². The molecular formula is C18H17N5O2S. The fraction of sp³-hybridized carbons (Fsp3) is 0.222. The van der Waals surface area contributed by atoms with Crippen molar-refractivity contribution in [3.05, 3.63) is 58.4 Å². The molecule has 1 aromatic carbocycles. The fourth-order valence-electron chi connectivity index (χ4n) is 2.92. The summed E-state index contributed by atoms with van der Waals surface area (Å²) in [6, 6.07) is 9.63. The summed E-state index contributed by atoms with van der Waals surface area (Å²) in [5.41, 5.74) is 2.85. The largest absolute Gasteiger partial charge is 0.351 e. The lowest BCUT2D eigenvalue weighted by Crippen LogP contribution is -2.21. The van der Waals surface area contributed by atoms with Crippen molar-refractivity contribution in [3.8, 4) is 5.69 Å². The van der Waals surface area contributed by atoms with Crippen LogP contribution in [0, 0.1) is 6.92 Å². The number of fused-ring (bicyclic) bond motifs is 1. The van der Waals surface area contributed by atoms with Gasteiger partial charge in [-0.25, -0.2) is 9.67 Å². The molecule has 0 bridgehead atoms. The average molecular weight is 367 g/mol. The zero-order valence-corrected chi connectivity index (χ0v) is 15.0. The Balaban J connectivity index is 1.57. The second-order valence-electron chi connectivity index (χ2n) is 6.00. The molecule has 8 heteroatoms. The molecule has 2 aromatic heterocycles. The van der Waals surface area contributed by atoms with E-state index in [1.165, 1.54) is 11.3 Å². The summed E-state index contributed by atoms with van der Waals surface area (Å²) >= 11 is 1.21. The second kappa shape index (κ2) is 6.72. The van der Waals surface area contributed by atoms with Gasteiger partial charge >= 0.3 is 0 Å². The van der Waals surface area contributed by atoms with E-state index in [0.29, 0.717) is 22.1 Å². The highest BCUT2D eigenvalue weighted by molar-refractivity contribution is 7.17. The molecule has 3 aromatic rings. The van der Waals surface area contributed by atoms with Crippen LogP contribution in [0.1, 0.15) is 37.8 Å². The Labute approximate surface area is 154 Å². The van der Waals surface area contributed by atoms with Crippen LogP contribution >= 0.6 is 11.3 Å². The van der Waals surface area contributed by atoms with Crippen LogP contribution in [0.2, 0.25) is 0 Å². The van der Waals surface area contributed by atoms with E-state index in [0.717, 1.165) is 29.9 Å². The van der Waals surface area contributed by atoms with Gasteiger partial charge in [0, 0.05) is 6.54 Å². The van der Waals surface area contributed by atoms with Crippen molar-refractivity contribution in [2.75, 3.05) is 11.9 Å². The van der Waals surface area contributed by atoms with Gasteiger partial charge in [0.2, 0.25) is 0 Å². The highest BCUT2D eigenvalue weighted by Crippen LogP contribution is 2.26. The van der Waals surface area contributed by atoms with E-state index in [9.17, 15) is 9.59 Å². The smallest absolute Gasteiger partial charge is 0.263 e. The molecule has 2 N–H and O–H groups in total. The van der Waals surface area contributed by atoms with Gasteiger partial charge in [0.1, 0.15) is 4.88 Å². The molecule has 4 rings (SSSR count). The molecular weight excluding hydrogens is 350 g/mol. The quantitative estimate of drug-likeness (QED) is 0.745. The van der Waals surface area contributed by atoms with Crippen molar-refractivity contribution < 1.29 is 9.59 Å². The average Bonchev–Trinajstić information content (AvgIpc) is 3.18. The monoisotopic (exact) mass is 367 g/mol. The predicted molar refractivity (Wildman–Crippen MR) is 99.0 cm³/mol. The van der Waals surface area contributed by atoms with Crippen LogP contribution < -0.4 is 10.6 Å². The Morgan fingerprint density at radius 2 is 2.12 bits per heavy atom. The molecule has 0 unspecified atom stereocenters. The molecule has 2 amide bonds. The first-order valence-corrected chi connectivity index (χ1v) is 9.14. The number of nitrogens with zero attached hydrogens (tertiary/aromatic N) is 3. The van der Waals surface area contributed by atoms with Gasteiger partial charge in [-0.3, -0.25) is 14.9 Å². The number of aromatic nitrogens is 3. The standard InChI is InChI=1S/C18H17N5O2S/c1-11-13(10-20-23(11)12-6-3-2-4-7-12)16(24)22-18-21-14-8-5-9-19-17(25)15(14)26-18/h2-4,6-7,10H,5,8-9H2,1H3,(H,19,25)(H,21,22,24). The molecule has 132 valence electrons. The summed E-state index contributed by atoms with van der Waals surface area (Å²) in [6.07, 6.45) is 3.12. The Morgan fingerprint density at radius 1 is 1.31 bits per heavy atom. The summed E-state index contributed by atoms with van der Waals surface area (Å²) in [6.45, 7) is 2.50. The van der Waals surface area contributed by atoms with E-state index in [-0.39, 0.29) is 11.8 Å². The molecule has 0 aliphatic carbocycles. The van der Waals surface area contributed by atoms with Gasteiger partial charge in [-0.15, -0.1) is 0 Å². The third kappa shape index (κ3) is 2.99. The van der Waals surface area contributed by atoms with E-state index in [1.807, 2.05) is 37.3 Å². The minimum Gasteiger partial charge on any atom is -0.351 e. The molecule has 0 saturated heterocycles. The summed E-state index contributed by atoms with van der Waals surface area (Å²) in [5, 5.41) is 10.4. The van der Waals surface area contributed by atoms with E-state index in [2.05, 4.69) is 20.7 Å². The summed E-state index contributed by atoms with van der Waals surface area (Å²) in [7, 11) is 0. The molecule has 1 aliphatic rings. The Bertz CT molecular complexity index is 977. The zero-order valence-electron chi connectivity index (χ0n) is 14.2. The Morgan fingerprint density at radius 3 is 2.92 bits per heavy atom. The second-order valence-corrected chi connectivity index (χ2v) is 7.00. The van der Waals surface area contributed by atoms with Crippen LogP contribution in [-0.4, -0.2) is 33.1 Å². The van der Waals surface area contributed by atoms with Crippen molar-refractivity contribution in [1.29, 1.82) is 0 Å². The maximum absolute atomic E-state index is 12.6. The molecule has 26 heavy (non-hydrogen) atoms. The number of hydrogen-bond donors (Lipinski definition) is 2. The number of anilines is 1. The number of amides is 2. The topological polar surface area (TPSA) is 88.9 Å². The first-order valence-electron chi connectivity index (χ1n) is 8.33. The van der Waals surface area contributed by atoms with Crippen molar-refractivity contribution in [2.24, 2.45) is 0 Å². The fourth-order valence-corrected chi connectivity index (χ4v) is 3.84. The maximum atomic E-state index is 12.6. The third-order valence-corrected chi connectivity index (χ3v) is 5.27. The van der Waals surface area contributed by atoms with Crippen LogP contribution in [0.25, 0.3) is 5.69 Å². The normalized spacial score (nSPS) is 13.7. The molecule has 7 nitrogen and oxygen atoms in total. The number of hydrogen-bond acceptors (Lipinski definition) is 5. The van der Waals surface area contributed by atoms with Crippen LogP contribution in [0.15, 0.2) is 36.5 Å². The van der Waals surface area contributed by atoms with E-state index in [4.69, 9.17) is 0 Å². The minimum absolute atomic E-state index is 0.122.